The molecule has 1 aromatic heterocycles. The van der Waals surface area contributed by atoms with Crippen LogP contribution in [-0.4, -0.2) is 16.8 Å². The van der Waals surface area contributed by atoms with Gasteiger partial charge in [-0.05, 0) is 31.2 Å². The maximum absolute atomic E-state index is 12.2. The lowest BCUT2D eigenvalue weighted by atomic mass is 10.1. The molecule has 0 atom stereocenters. The largest absolute Gasteiger partial charge is 0.397 e. The highest BCUT2D eigenvalue weighted by Gasteiger charge is 2.37. The van der Waals surface area contributed by atoms with Gasteiger partial charge in [-0.2, -0.15) is 0 Å². The zero-order valence-electron chi connectivity index (χ0n) is 10.3. The number of aryl methyl sites for hydroxylation is 1. The molecule has 0 fully saturated rings. The van der Waals surface area contributed by atoms with E-state index >= 15 is 0 Å². The third kappa shape index (κ3) is 1.59. The van der Waals surface area contributed by atoms with Crippen molar-refractivity contribution >= 4 is 23.3 Å². The van der Waals surface area contributed by atoms with Crippen LogP contribution in [0.25, 0.3) is 0 Å². The van der Waals surface area contributed by atoms with E-state index in [4.69, 9.17) is 5.73 Å². The number of imide groups is 1. The fourth-order valence-corrected chi connectivity index (χ4v) is 2.08. The molecule has 1 aliphatic rings. The van der Waals surface area contributed by atoms with Gasteiger partial charge in [0.25, 0.3) is 11.8 Å². The molecule has 0 radical (unpaired) electrons. The summed E-state index contributed by atoms with van der Waals surface area (Å²) in [5.74, 6) is -0.396. The zero-order valence-corrected chi connectivity index (χ0v) is 10.3. The summed E-state index contributed by atoms with van der Waals surface area (Å²) in [5, 5.41) is 0. The number of carbonyl (C=O) groups excluding carboxylic acids is 2. The van der Waals surface area contributed by atoms with Crippen molar-refractivity contribution in [2.75, 3.05) is 10.6 Å². The first-order chi connectivity index (χ1) is 9.09. The predicted molar refractivity (Wildman–Crippen MR) is 71.0 cm³/mol. The van der Waals surface area contributed by atoms with Crippen molar-refractivity contribution in [3.8, 4) is 0 Å². The zero-order chi connectivity index (χ0) is 13.6. The van der Waals surface area contributed by atoms with Crippen LogP contribution in [0.5, 0.6) is 0 Å². The standard InChI is InChI=1S/C14H11N3O2/c1-8-11(15)6-7-12(16-8)17-13(18)9-4-2-3-5-10(9)14(17)19/h2-7H,15H2,1H3. The molecule has 0 saturated heterocycles. The van der Waals surface area contributed by atoms with Gasteiger partial charge in [0.15, 0.2) is 0 Å². The van der Waals surface area contributed by atoms with E-state index in [1.54, 1.807) is 43.3 Å². The van der Waals surface area contributed by atoms with Gasteiger partial charge < -0.3 is 5.73 Å². The fourth-order valence-electron chi connectivity index (χ4n) is 2.08. The van der Waals surface area contributed by atoms with Gasteiger partial charge in [-0.3, -0.25) is 9.59 Å². The van der Waals surface area contributed by atoms with Crippen molar-refractivity contribution < 1.29 is 9.59 Å². The normalized spacial score (nSPS) is 13.8. The summed E-state index contributed by atoms with van der Waals surface area (Å²) >= 11 is 0. The number of hydrogen-bond donors (Lipinski definition) is 1. The average Bonchev–Trinajstić information content (AvgIpc) is 2.66. The van der Waals surface area contributed by atoms with Crippen LogP contribution in [0.2, 0.25) is 0 Å². The Morgan fingerprint density at radius 2 is 1.58 bits per heavy atom. The maximum atomic E-state index is 12.2. The molecular formula is C14H11N3O2. The third-order valence-corrected chi connectivity index (χ3v) is 3.14. The van der Waals surface area contributed by atoms with Crippen LogP contribution in [0.15, 0.2) is 36.4 Å². The molecule has 0 spiro atoms. The SMILES string of the molecule is Cc1nc(N2C(=O)c3ccccc3C2=O)ccc1N. The van der Waals surface area contributed by atoms with Gasteiger partial charge >= 0.3 is 0 Å². The van der Waals surface area contributed by atoms with E-state index in [1.807, 2.05) is 0 Å². The number of amides is 2. The van der Waals surface area contributed by atoms with Crippen LogP contribution in [0.1, 0.15) is 26.4 Å². The number of hydrogen-bond acceptors (Lipinski definition) is 4. The van der Waals surface area contributed by atoms with E-state index in [2.05, 4.69) is 4.98 Å². The lowest BCUT2D eigenvalue weighted by Crippen LogP contribution is -2.30. The van der Waals surface area contributed by atoms with Crippen molar-refractivity contribution in [2.45, 2.75) is 6.92 Å². The average molecular weight is 253 g/mol. The van der Waals surface area contributed by atoms with Gasteiger partial charge in [0.05, 0.1) is 22.5 Å². The number of pyridine rings is 1. The molecule has 2 amide bonds. The molecule has 1 aliphatic heterocycles. The number of carbonyl (C=O) groups is 2. The van der Waals surface area contributed by atoms with Gasteiger partial charge in [-0.25, -0.2) is 9.88 Å². The van der Waals surface area contributed by atoms with Crippen LogP contribution in [0, 0.1) is 6.92 Å². The second-order valence-electron chi connectivity index (χ2n) is 4.34. The highest BCUT2D eigenvalue weighted by Crippen LogP contribution is 2.27. The number of aromatic nitrogens is 1. The molecular weight excluding hydrogens is 242 g/mol. The van der Waals surface area contributed by atoms with Gasteiger partial charge in [0, 0.05) is 0 Å². The number of nitrogens with two attached hydrogens (primary N) is 1. The summed E-state index contributed by atoms with van der Waals surface area (Å²) in [6.45, 7) is 1.73. The lowest BCUT2D eigenvalue weighted by molar-refractivity contribution is 0.0925. The van der Waals surface area contributed by atoms with E-state index in [-0.39, 0.29) is 11.8 Å². The number of benzene rings is 1. The first-order valence-corrected chi connectivity index (χ1v) is 5.80. The minimum atomic E-state index is -0.350. The summed E-state index contributed by atoms with van der Waals surface area (Å²) in [7, 11) is 0. The minimum Gasteiger partial charge on any atom is -0.397 e. The third-order valence-electron chi connectivity index (χ3n) is 3.14. The Morgan fingerprint density at radius 3 is 2.11 bits per heavy atom. The molecule has 5 heteroatoms. The Morgan fingerprint density at radius 1 is 1.00 bits per heavy atom. The summed E-state index contributed by atoms with van der Waals surface area (Å²) in [6.07, 6.45) is 0. The number of rotatable bonds is 1. The van der Waals surface area contributed by atoms with Gasteiger partial charge in [0.1, 0.15) is 5.82 Å². The van der Waals surface area contributed by atoms with E-state index in [0.29, 0.717) is 28.3 Å². The predicted octanol–water partition coefficient (Wildman–Crippen LogP) is 1.77. The van der Waals surface area contributed by atoms with Crippen molar-refractivity contribution in [1.82, 2.24) is 4.98 Å². The van der Waals surface area contributed by atoms with Crippen LogP contribution in [0.3, 0.4) is 0 Å². The molecule has 2 aromatic rings. The number of fused-ring (bicyclic) bond motifs is 1. The summed E-state index contributed by atoms with van der Waals surface area (Å²) < 4.78 is 0. The first-order valence-electron chi connectivity index (χ1n) is 5.80. The van der Waals surface area contributed by atoms with Gasteiger partial charge in [-0.15, -0.1) is 0 Å². The van der Waals surface area contributed by atoms with Crippen LogP contribution in [-0.2, 0) is 0 Å². The molecule has 19 heavy (non-hydrogen) atoms. The Hall–Kier alpha value is -2.69. The number of nitrogen functional groups attached to an aromatic ring is 1. The summed E-state index contributed by atoms with van der Waals surface area (Å²) in [4.78, 5) is 29.8. The van der Waals surface area contributed by atoms with E-state index < -0.39 is 0 Å². The molecule has 0 aliphatic carbocycles. The molecule has 1 aromatic carbocycles. The van der Waals surface area contributed by atoms with Crippen LogP contribution >= 0.6 is 0 Å². The molecule has 0 bridgehead atoms. The van der Waals surface area contributed by atoms with E-state index in [1.165, 1.54) is 0 Å². The second-order valence-corrected chi connectivity index (χ2v) is 4.34. The Kier molecular flexibility index (Phi) is 2.35. The van der Waals surface area contributed by atoms with Crippen molar-refractivity contribution in [1.29, 1.82) is 0 Å². The second kappa shape index (κ2) is 3.91. The quantitative estimate of drug-likeness (QED) is 0.786. The number of nitrogens with zero attached hydrogens (tertiary/aromatic N) is 2. The molecule has 94 valence electrons. The monoisotopic (exact) mass is 253 g/mol. The Labute approximate surface area is 109 Å². The minimum absolute atomic E-state index is 0.304. The fraction of sp³-hybridized carbons (Fsp3) is 0.0714. The highest BCUT2D eigenvalue weighted by atomic mass is 16.2. The van der Waals surface area contributed by atoms with Gasteiger partial charge in [-0.1, -0.05) is 12.1 Å². The van der Waals surface area contributed by atoms with Crippen molar-refractivity contribution in [3.63, 3.8) is 0 Å². The molecule has 2 heterocycles. The van der Waals surface area contributed by atoms with Gasteiger partial charge in [0.2, 0.25) is 0 Å². The number of anilines is 2. The van der Waals surface area contributed by atoms with Crippen molar-refractivity contribution in [3.05, 3.63) is 53.2 Å². The smallest absolute Gasteiger partial charge is 0.267 e. The molecule has 3 rings (SSSR count). The summed E-state index contributed by atoms with van der Waals surface area (Å²) in [5.41, 5.74) is 7.62. The lowest BCUT2D eigenvalue weighted by Gasteiger charge is -2.13. The topological polar surface area (TPSA) is 76.3 Å². The molecule has 2 N–H and O–H groups in total. The molecule has 5 nitrogen and oxygen atoms in total. The van der Waals surface area contributed by atoms with Crippen LogP contribution < -0.4 is 10.6 Å². The molecule has 0 saturated carbocycles. The van der Waals surface area contributed by atoms with E-state index in [9.17, 15) is 9.59 Å². The Bertz CT molecular complexity index is 675. The highest BCUT2D eigenvalue weighted by molar-refractivity contribution is 6.34. The maximum Gasteiger partial charge on any atom is 0.267 e. The summed E-state index contributed by atoms with van der Waals surface area (Å²) in [6, 6.07) is 9.95. The van der Waals surface area contributed by atoms with Crippen molar-refractivity contribution in [2.24, 2.45) is 0 Å². The Balaban J connectivity index is 2.11. The van der Waals surface area contributed by atoms with Crippen LogP contribution in [0.4, 0.5) is 11.5 Å². The van der Waals surface area contributed by atoms with E-state index in [0.717, 1.165) is 4.90 Å². The first kappa shape index (κ1) is 11.4. The molecule has 0 unspecified atom stereocenters.